The lowest BCUT2D eigenvalue weighted by Crippen LogP contribution is -2.23. The van der Waals surface area contributed by atoms with Gasteiger partial charge in [0.05, 0.1) is 13.2 Å². The van der Waals surface area contributed by atoms with Crippen molar-refractivity contribution in [2.24, 2.45) is 5.92 Å². The minimum Gasteiger partial charge on any atom is -0.493 e. The summed E-state index contributed by atoms with van der Waals surface area (Å²) in [6, 6.07) is 11.9. The Hall–Kier alpha value is -2.90. The van der Waals surface area contributed by atoms with Crippen LogP contribution in [0.5, 0.6) is 5.75 Å². The normalized spacial score (nSPS) is 11.3. The van der Waals surface area contributed by atoms with Crippen LogP contribution < -0.4 is 10.1 Å². The summed E-state index contributed by atoms with van der Waals surface area (Å²) in [5, 5.41) is 7.91. The molecule has 8 heteroatoms. The number of nitrogens with one attached hydrogen (secondary N) is 1. The third-order valence-corrected chi connectivity index (χ3v) is 5.98. The van der Waals surface area contributed by atoms with Crippen molar-refractivity contribution in [3.63, 3.8) is 0 Å². The van der Waals surface area contributed by atoms with Crippen LogP contribution in [-0.4, -0.2) is 40.3 Å². The molecule has 2 aromatic carbocycles. The van der Waals surface area contributed by atoms with Crippen LogP contribution in [0.3, 0.4) is 0 Å². The second-order valence-electron chi connectivity index (χ2n) is 9.01. The smallest absolute Gasteiger partial charge is 0.256 e. The number of halogens is 2. The lowest BCUT2D eigenvalue weighted by Gasteiger charge is -2.18. The Kier molecular flexibility index (Phi) is 9.29. The molecule has 3 rings (SSSR count). The zero-order valence-corrected chi connectivity index (χ0v) is 21.8. The summed E-state index contributed by atoms with van der Waals surface area (Å²) in [6.07, 6.45) is 0. The van der Waals surface area contributed by atoms with E-state index in [-0.39, 0.29) is 11.4 Å². The average molecular weight is 501 g/mol. The molecular weight excluding hydrogens is 467 g/mol. The van der Waals surface area contributed by atoms with Crippen LogP contribution in [0, 0.1) is 18.7 Å². The predicted molar refractivity (Wildman–Crippen MR) is 139 cm³/mol. The highest BCUT2D eigenvalue weighted by atomic mass is 35.5. The highest BCUT2D eigenvalue weighted by Gasteiger charge is 2.15. The lowest BCUT2D eigenvalue weighted by molar-refractivity contribution is 0.102. The third kappa shape index (κ3) is 7.29. The fraction of sp³-hybridized carbons (Fsp3) is 0.407. The van der Waals surface area contributed by atoms with E-state index in [1.165, 1.54) is 6.07 Å². The first-order valence-corrected chi connectivity index (χ1v) is 12.4. The Morgan fingerprint density at radius 1 is 1.14 bits per heavy atom. The van der Waals surface area contributed by atoms with Crippen LogP contribution in [0.15, 0.2) is 42.5 Å². The second-order valence-corrected chi connectivity index (χ2v) is 9.44. The predicted octanol–water partition coefficient (Wildman–Crippen LogP) is 6.16. The Morgan fingerprint density at radius 3 is 2.54 bits per heavy atom. The molecule has 3 aromatic rings. The van der Waals surface area contributed by atoms with Gasteiger partial charge in [0.25, 0.3) is 5.91 Å². The van der Waals surface area contributed by atoms with E-state index < -0.39 is 5.91 Å². The molecule has 0 aliphatic heterocycles. The minimum atomic E-state index is -0.411. The standard InChI is InChI=1S/C27H34ClFN4O2/c1-6-32(7-2)15-21-9-8-20(14-24(21)29)27(34)30-26-12-19(5)33(31-26)16-22-13-23(28)10-11-25(22)35-17-18(3)4/h8-14,18H,6-7,15-17H2,1-5H3,(H,30,31,34). The Morgan fingerprint density at radius 2 is 1.89 bits per heavy atom. The third-order valence-electron chi connectivity index (χ3n) is 5.74. The van der Waals surface area contributed by atoms with Crippen molar-refractivity contribution < 1.29 is 13.9 Å². The number of nitrogens with zero attached hydrogens (tertiary/aromatic N) is 3. The minimum absolute atomic E-state index is 0.247. The van der Waals surface area contributed by atoms with Gasteiger partial charge in [-0.15, -0.1) is 0 Å². The molecule has 1 heterocycles. The van der Waals surface area contributed by atoms with E-state index in [4.69, 9.17) is 16.3 Å². The second kappa shape index (κ2) is 12.2. The number of ether oxygens (including phenoxy) is 1. The maximum atomic E-state index is 14.6. The number of rotatable bonds is 11. The SMILES string of the molecule is CCN(CC)Cc1ccc(C(=O)Nc2cc(C)n(Cc3cc(Cl)ccc3OCC(C)C)n2)cc1F. The highest BCUT2D eigenvalue weighted by Crippen LogP contribution is 2.25. The summed E-state index contributed by atoms with van der Waals surface area (Å²) in [4.78, 5) is 14.9. The van der Waals surface area contributed by atoms with Crippen LogP contribution in [0.4, 0.5) is 10.2 Å². The van der Waals surface area contributed by atoms with Gasteiger partial charge in [-0.05, 0) is 56.3 Å². The van der Waals surface area contributed by atoms with Gasteiger partial charge in [-0.2, -0.15) is 5.10 Å². The average Bonchev–Trinajstić information content (AvgIpc) is 3.15. The molecule has 0 radical (unpaired) electrons. The number of hydrogen-bond acceptors (Lipinski definition) is 4. The topological polar surface area (TPSA) is 59.4 Å². The van der Waals surface area contributed by atoms with Crippen LogP contribution in [-0.2, 0) is 13.1 Å². The van der Waals surface area contributed by atoms with Crippen LogP contribution in [0.1, 0.15) is 54.9 Å². The number of hydrogen-bond donors (Lipinski definition) is 1. The Balaban J connectivity index is 1.72. The molecule has 0 fully saturated rings. The number of aromatic nitrogens is 2. The molecule has 35 heavy (non-hydrogen) atoms. The summed E-state index contributed by atoms with van der Waals surface area (Å²) in [5.74, 6) is 0.742. The molecule has 1 N–H and O–H groups in total. The van der Waals surface area contributed by atoms with Crippen LogP contribution in [0.2, 0.25) is 5.02 Å². The molecule has 0 aliphatic carbocycles. The van der Waals surface area contributed by atoms with E-state index in [1.807, 2.05) is 32.9 Å². The Labute approximate surface area is 212 Å². The highest BCUT2D eigenvalue weighted by molar-refractivity contribution is 6.30. The number of amides is 1. The molecule has 6 nitrogen and oxygen atoms in total. The number of benzene rings is 2. The van der Waals surface area contributed by atoms with Gasteiger partial charge in [-0.3, -0.25) is 14.4 Å². The molecular formula is C27H34ClFN4O2. The molecule has 1 aromatic heterocycles. The summed E-state index contributed by atoms with van der Waals surface area (Å²) in [7, 11) is 0. The quantitative estimate of drug-likeness (QED) is 0.342. The van der Waals surface area contributed by atoms with E-state index in [1.54, 1.807) is 28.9 Å². The van der Waals surface area contributed by atoms with Crippen LogP contribution in [0.25, 0.3) is 0 Å². The van der Waals surface area contributed by atoms with E-state index in [9.17, 15) is 9.18 Å². The Bertz CT molecular complexity index is 1160. The lowest BCUT2D eigenvalue weighted by atomic mass is 10.1. The summed E-state index contributed by atoms with van der Waals surface area (Å²) in [6.45, 7) is 13.4. The molecule has 0 bridgehead atoms. The fourth-order valence-electron chi connectivity index (χ4n) is 3.65. The van der Waals surface area contributed by atoms with Gasteiger partial charge in [0.15, 0.2) is 5.82 Å². The molecule has 0 saturated carbocycles. The van der Waals surface area contributed by atoms with Crippen molar-refractivity contribution in [1.82, 2.24) is 14.7 Å². The maximum absolute atomic E-state index is 14.6. The van der Waals surface area contributed by atoms with Gasteiger partial charge >= 0.3 is 0 Å². The molecule has 0 atom stereocenters. The molecule has 1 amide bonds. The molecule has 188 valence electrons. The molecule has 0 aliphatic rings. The largest absolute Gasteiger partial charge is 0.493 e. The van der Waals surface area contributed by atoms with Crippen LogP contribution >= 0.6 is 11.6 Å². The first kappa shape index (κ1) is 26.7. The molecule has 0 spiro atoms. The van der Waals surface area contributed by atoms with Gasteiger partial charge in [0, 0.05) is 40.0 Å². The maximum Gasteiger partial charge on any atom is 0.256 e. The number of carbonyl (C=O) groups is 1. The van der Waals surface area contributed by atoms with Gasteiger partial charge in [-0.25, -0.2) is 4.39 Å². The van der Waals surface area contributed by atoms with Crippen molar-refractivity contribution in [2.75, 3.05) is 25.0 Å². The summed E-state index contributed by atoms with van der Waals surface area (Å²) < 4.78 is 22.3. The van der Waals surface area contributed by atoms with Crippen molar-refractivity contribution in [3.8, 4) is 5.75 Å². The van der Waals surface area contributed by atoms with Gasteiger partial charge in [0.1, 0.15) is 11.6 Å². The summed E-state index contributed by atoms with van der Waals surface area (Å²) >= 11 is 6.22. The fourth-order valence-corrected chi connectivity index (χ4v) is 3.85. The monoisotopic (exact) mass is 500 g/mol. The van der Waals surface area contributed by atoms with Gasteiger partial charge in [0.2, 0.25) is 0 Å². The van der Waals surface area contributed by atoms with E-state index in [2.05, 4.69) is 29.2 Å². The first-order valence-electron chi connectivity index (χ1n) is 12.0. The van der Waals surface area contributed by atoms with E-state index in [0.717, 1.165) is 30.1 Å². The van der Waals surface area contributed by atoms with E-state index >= 15 is 0 Å². The number of aryl methyl sites for hydroxylation is 1. The van der Waals surface area contributed by atoms with Gasteiger partial charge < -0.3 is 10.1 Å². The van der Waals surface area contributed by atoms with E-state index in [0.29, 0.717) is 42.0 Å². The molecule has 0 unspecified atom stereocenters. The van der Waals surface area contributed by atoms with Crippen molar-refractivity contribution in [1.29, 1.82) is 0 Å². The molecule has 0 saturated heterocycles. The van der Waals surface area contributed by atoms with Crippen molar-refractivity contribution in [3.05, 3.63) is 75.7 Å². The van der Waals surface area contributed by atoms with Gasteiger partial charge in [-0.1, -0.05) is 45.4 Å². The zero-order chi connectivity index (χ0) is 25.5. The van der Waals surface area contributed by atoms with Crippen molar-refractivity contribution in [2.45, 2.75) is 47.7 Å². The van der Waals surface area contributed by atoms with Crippen molar-refractivity contribution >= 4 is 23.3 Å². The number of carbonyl (C=O) groups excluding carboxylic acids is 1. The first-order chi connectivity index (χ1) is 16.7. The number of anilines is 1. The zero-order valence-electron chi connectivity index (χ0n) is 21.1. The summed E-state index contributed by atoms with van der Waals surface area (Å²) in [5.41, 5.74) is 2.57.